The van der Waals surface area contributed by atoms with Gasteiger partial charge in [-0.25, -0.2) is 9.67 Å². The van der Waals surface area contributed by atoms with E-state index in [4.69, 9.17) is 14.2 Å². The van der Waals surface area contributed by atoms with Gasteiger partial charge in [-0.15, -0.1) is 0 Å². The number of nitrogens with zero attached hydrogens (tertiary/aromatic N) is 3. The van der Waals surface area contributed by atoms with Gasteiger partial charge in [-0.2, -0.15) is 5.10 Å². The highest BCUT2D eigenvalue weighted by molar-refractivity contribution is 5.75. The summed E-state index contributed by atoms with van der Waals surface area (Å²) in [5.41, 5.74) is 0. The van der Waals surface area contributed by atoms with Gasteiger partial charge in [0.25, 0.3) is 0 Å². The minimum absolute atomic E-state index is 0.0613. The molecule has 124 valence electrons. The number of carbonyl (C=O) groups is 1. The minimum Gasteiger partial charge on any atom is -0.378 e. The van der Waals surface area contributed by atoms with Crippen molar-refractivity contribution in [3.05, 3.63) is 11.6 Å². The smallest absolute Gasteiger partial charge is 0.241 e. The summed E-state index contributed by atoms with van der Waals surface area (Å²) in [6.45, 7) is 5.31. The lowest BCUT2D eigenvalue weighted by molar-refractivity contribution is -0.147. The maximum Gasteiger partial charge on any atom is 0.241 e. The third-order valence-corrected chi connectivity index (χ3v) is 3.84. The molecule has 0 spiro atoms. The van der Waals surface area contributed by atoms with Crippen LogP contribution in [-0.4, -0.2) is 66.9 Å². The summed E-state index contributed by atoms with van der Waals surface area (Å²) in [5.74, 6) is 1.34. The number of rotatable bonds is 6. The van der Waals surface area contributed by atoms with Crippen LogP contribution in [0.5, 0.6) is 0 Å². The van der Waals surface area contributed by atoms with E-state index in [0.717, 1.165) is 5.82 Å². The van der Waals surface area contributed by atoms with Gasteiger partial charge in [-0.1, -0.05) is 0 Å². The van der Waals surface area contributed by atoms with Gasteiger partial charge in [0.05, 0.1) is 19.3 Å². The van der Waals surface area contributed by atoms with Crippen molar-refractivity contribution >= 4 is 5.91 Å². The van der Waals surface area contributed by atoms with Crippen LogP contribution < -0.4 is 5.32 Å². The number of aromatic nitrogens is 3. The molecule has 1 N–H and O–H groups in total. The van der Waals surface area contributed by atoms with Crippen molar-refractivity contribution in [2.45, 2.75) is 32.6 Å². The molecule has 0 aliphatic carbocycles. The van der Waals surface area contributed by atoms with Crippen molar-refractivity contribution in [3.8, 4) is 0 Å². The molecule has 0 radical (unpaired) electrons. The molecule has 1 saturated heterocycles. The number of amides is 1. The minimum atomic E-state index is -0.110. The van der Waals surface area contributed by atoms with Crippen molar-refractivity contribution in [2.24, 2.45) is 5.92 Å². The van der Waals surface area contributed by atoms with Crippen LogP contribution in [-0.2, 0) is 25.5 Å². The average molecular weight is 312 g/mol. The SMILES string of the molecule is CO[C@H]1[C@H](CNC(=O)Cn2nc(C)nc2C)COC[C@H]1OC. The number of hydrogen-bond acceptors (Lipinski definition) is 6. The third-order valence-electron chi connectivity index (χ3n) is 3.84. The fourth-order valence-corrected chi connectivity index (χ4v) is 2.70. The molecule has 1 fully saturated rings. The number of carbonyl (C=O) groups excluding carboxylic acids is 1. The molecule has 2 rings (SSSR count). The normalized spacial score (nSPS) is 25.2. The predicted octanol–water partition coefficient (Wildman–Crippen LogP) is -0.312. The molecule has 1 aliphatic heterocycles. The number of ether oxygens (including phenoxy) is 3. The van der Waals surface area contributed by atoms with E-state index in [-0.39, 0.29) is 30.6 Å². The zero-order valence-corrected chi connectivity index (χ0v) is 13.5. The number of aryl methyl sites for hydroxylation is 2. The van der Waals surface area contributed by atoms with E-state index in [1.54, 1.807) is 25.8 Å². The van der Waals surface area contributed by atoms with Crippen molar-refractivity contribution in [3.63, 3.8) is 0 Å². The lowest BCUT2D eigenvalue weighted by atomic mass is 9.96. The van der Waals surface area contributed by atoms with Crippen molar-refractivity contribution in [1.29, 1.82) is 0 Å². The van der Waals surface area contributed by atoms with Crippen molar-refractivity contribution in [1.82, 2.24) is 20.1 Å². The Balaban J connectivity index is 1.86. The number of nitrogens with one attached hydrogen (secondary N) is 1. The zero-order chi connectivity index (χ0) is 16.1. The molecular weight excluding hydrogens is 288 g/mol. The largest absolute Gasteiger partial charge is 0.378 e. The molecule has 3 atom stereocenters. The van der Waals surface area contributed by atoms with E-state index >= 15 is 0 Å². The summed E-state index contributed by atoms with van der Waals surface area (Å²) in [4.78, 5) is 16.2. The van der Waals surface area contributed by atoms with Gasteiger partial charge in [-0.3, -0.25) is 4.79 Å². The quantitative estimate of drug-likeness (QED) is 0.775. The summed E-state index contributed by atoms with van der Waals surface area (Å²) in [6, 6.07) is 0. The molecule has 1 aromatic rings. The molecule has 22 heavy (non-hydrogen) atoms. The topological polar surface area (TPSA) is 87.5 Å². The molecule has 1 amide bonds. The van der Waals surface area contributed by atoms with Crippen LogP contribution >= 0.6 is 0 Å². The van der Waals surface area contributed by atoms with Gasteiger partial charge < -0.3 is 19.5 Å². The Bertz CT molecular complexity index is 505. The lowest BCUT2D eigenvalue weighted by Gasteiger charge is -2.36. The molecule has 0 unspecified atom stereocenters. The second-order valence-electron chi connectivity index (χ2n) is 5.44. The average Bonchev–Trinajstić information content (AvgIpc) is 2.82. The Morgan fingerprint density at radius 2 is 2.14 bits per heavy atom. The highest BCUT2D eigenvalue weighted by Gasteiger charge is 2.34. The predicted molar refractivity (Wildman–Crippen MR) is 78.4 cm³/mol. The lowest BCUT2D eigenvalue weighted by Crippen LogP contribution is -2.50. The second kappa shape index (κ2) is 7.66. The molecule has 0 aromatic carbocycles. The van der Waals surface area contributed by atoms with Gasteiger partial charge in [0, 0.05) is 26.7 Å². The molecule has 8 nitrogen and oxygen atoms in total. The first-order valence-corrected chi connectivity index (χ1v) is 7.33. The van der Waals surface area contributed by atoms with Gasteiger partial charge in [-0.05, 0) is 13.8 Å². The van der Waals surface area contributed by atoms with Crippen LogP contribution in [0.2, 0.25) is 0 Å². The highest BCUT2D eigenvalue weighted by atomic mass is 16.6. The molecule has 1 aliphatic rings. The van der Waals surface area contributed by atoms with E-state index in [0.29, 0.717) is 25.6 Å². The van der Waals surface area contributed by atoms with Crippen LogP contribution in [0, 0.1) is 19.8 Å². The molecular formula is C14H24N4O4. The van der Waals surface area contributed by atoms with Crippen LogP contribution in [0.4, 0.5) is 0 Å². The first kappa shape index (κ1) is 16.9. The van der Waals surface area contributed by atoms with Gasteiger partial charge >= 0.3 is 0 Å². The zero-order valence-electron chi connectivity index (χ0n) is 13.5. The van der Waals surface area contributed by atoms with E-state index in [1.807, 2.05) is 6.92 Å². The fourth-order valence-electron chi connectivity index (χ4n) is 2.70. The molecule has 0 bridgehead atoms. The second-order valence-corrected chi connectivity index (χ2v) is 5.44. The molecule has 8 heteroatoms. The monoisotopic (exact) mass is 312 g/mol. The Kier molecular flexibility index (Phi) is 5.87. The Morgan fingerprint density at radius 1 is 1.36 bits per heavy atom. The van der Waals surface area contributed by atoms with E-state index in [9.17, 15) is 4.79 Å². The van der Waals surface area contributed by atoms with Crippen LogP contribution in [0.3, 0.4) is 0 Å². The Labute approximate surface area is 130 Å². The van der Waals surface area contributed by atoms with Crippen LogP contribution in [0.1, 0.15) is 11.6 Å². The summed E-state index contributed by atoms with van der Waals surface area (Å²) in [7, 11) is 3.29. The first-order valence-electron chi connectivity index (χ1n) is 7.33. The van der Waals surface area contributed by atoms with E-state index in [2.05, 4.69) is 15.4 Å². The summed E-state index contributed by atoms with van der Waals surface area (Å²) in [6.07, 6.45) is -0.199. The van der Waals surface area contributed by atoms with Gasteiger partial charge in [0.2, 0.25) is 5.91 Å². The first-order chi connectivity index (χ1) is 10.5. The third kappa shape index (κ3) is 4.02. The van der Waals surface area contributed by atoms with Crippen molar-refractivity contribution in [2.75, 3.05) is 34.0 Å². The fraction of sp³-hybridized carbons (Fsp3) is 0.786. The molecule has 2 heterocycles. The van der Waals surface area contributed by atoms with E-state index in [1.165, 1.54) is 0 Å². The summed E-state index contributed by atoms with van der Waals surface area (Å²) < 4.78 is 18.0. The van der Waals surface area contributed by atoms with Crippen molar-refractivity contribution < 1.29 is 19.0 Å². The van der Waals surface area contributed by atoms with Gasteiger partial charge in [0.1, 0.15) is 24.3 Å². The highest BCUT2D eigenvalue weighted by Crippen LogP contribution is 2.19. The molecule has 0 saturated carbocycles. The summed E-state index contributed by atoms with van der Waals surface area (Å²) >= 11 is 0. The van der Waals surface area contributed by atoms with Gasteiger partial charge in [0.15, 0.2) is 0 Å². The Morgan fingerprint density at radius 3 is 2.73 bits per heavy atom. The Hall–Kier alpha value is -1.51. The van der Waals surface area contributed by atoms with Crippen LogP contribution in [0.25, 0.3) is 0 Å². The standard InChI is InChI=1S/C14H24N4O4/c1-9-16-10(2)18(17-9)6-13(19)15-5-11-7-22-8-12(20-3)14(11)21-4/h11-12,14H,5-8H2,1-4H3,(H,15,19)/t11-,12-,14+/m1/s1. The van der Waals surface area contributed by atoms with E-state index < -0.39 is 0 Å². The number of hydrogen-bond donors (Lipinski definition) is 1. The molecule has 1 aromatic heterocycles. The maximum absolute atomic E-state index is 12.1. The maximum atomic E-state index is 12.1. The van der Waals surface area contributed by atoms with Crippen LogP contribution in [0.15, 0.2) is 0 Å². The summed E-state index contributed by atoms with van der Waals surface area (Å²) in [5, 5.41) is 7.08. The number of methoxy groups -OCH3 is 2.